The molecule has 0 unspecified atom stereocenters. The van der Waals surface area contributed by atoms with Crippen molar-refractivity contribution in [1.82, 2.24) is 14.9 Å². The number of benzene rings is 2. The van der Waals surface area contributed by atoms with Gasteiger partial charge in [-0.15, -0.1) is 11.3 Å². The van der Waals surface area contributed by atoms with Crippen LogP contribution in [0.15, 0.2) is 71.2 Å². The average molecular weight is 520 g/mol. The Morgan fingerprint density at radius 2 is 1.97 bits per heavy atom. The number of hydrogen-bond donors (Lipinski definition) is 2. The Balaban J connectivity index is 0.00000180. The van der Waals surface area contributed by atoms with Crippen LogP contribution in [0.5, 0.6) is 0 Å². The number of nitrogens with one attached hydrogen (secondary N) is 2. The molecule has 1 aliphatic heterocycles. The second-order valence-corrected chi connectivity index (χ2v) is 11.1. The van der Waals surface area contributed by atoms with Gasteiger partial charge in [-0.25, -0.2) is 13.4 Å². The molecule has 34 heavy (non-hydrogen) atoms. The van der Waals surface area contributed by atoms with Crippen LogP contribution in [0.1, 0.15) is 9.27 Å². The molecule has 8 nitrogen and oxygen atoms in total. The quantitative estimate of drug-likeness (QED) is 0.359. The van der Waals surface area contributed by atoms with E-state index in [0.717, 1.165) is 16.6 Å². The monoisotopic (exact) mass is 519 g/mol. The number of hydrogen-bond acceptors (Lipinski definition) is 6. The zero-order chi connectivity index (χ0) is 23.7. The molecule has 4 aromatic rings. The second-order valence-electron chi connectivity index (χ2n) is 8.07. The van der Waals surface area contributed by atoms with E-state index in [9.17, 15) is 13.2 Å². The SMILES string of the molecule is O=C(CCn1ccc2cc(Cl)ccc21)NC1CN(c2ccc(S(=O)(=O)Nc3nccs3)cc2)C1.[HH].[HH]. The van der Waals surface area contributed by atoms with Gasteiger partial charge in [0.05, 0.1) is 10.9 Å². The predicted octanol–water partition coefficient (Wildman–Crippen LogP) is 4.44. The second kappa shape index (κ2) is 9.28. The van der Waals surface area contributed by atoms with Gasteiger partial charge in [0.15, 0.2) is 5.13 Å². The number of thiazole rings is 1. The largest absolute Gasteiger partial charge is 0.367 e. The van der Waals surface area contributed by atoms with Crippen LogP contribution in [0.2, 0.25) is 5.02 Å². The molecule has 1 saturated heterocycles. The molecule has 0 bridgehead atoms. The number of halogens is 1. The number of aryl methyl sites for hydroxylation is 1. The average Bonchev–Trinajstić information content (AvgIpc) is 3.43. The van der Waals surface area contributed by atoms with Crippen molar-refractivity contribution >= 4 is 60.6 Å². The molecule has 1 aliphatic rings. The van der Waals surface area contributed by atoms with E-state index in [-0.39, 0.29) is 19.7 Å². The number of carbonyl (C=O) groups is 1. The minimum absolute atomic E-state index is 0. The fourth-order valence-electron chi connectivity index (χ4n) is 3.95. The summed E-state index contributed by atoms with van der Waals surface area (Å²) < 4.78 is 29.4. The normalized spacial score (nSPS) is 14.2. The summed E-state index contributed by atoms with van der Waals surface area (Å²) in [4.78, 5) is 18.6. The lowest BCUT2D eigenvalue weighted by molar-refractivity contribution is -0.122. The zero-order valence-corrected chi connectivity index (χ0v) is 20.4. The van der Waals surface area contributed by atoms with Gasteiger partial charge in [-0.05, 0) is 48.5 Å². The van der Waals surface area contributed by atoms with Gasteiger partial charge >= 0.3 is 0 Å². The highest BCUT2D eigenvalue weighted by molar-refractivity contribution is 7.93. The van der Waals surface area contributed by atoms with Gasteiger partial charge in [0.25, 0.3) is 10.0 Å². The van der Waals surface area contributed by atoms with E-state index < -0.39 is 10.0 Å². The maximum absolute atomic E-state index is 12.5. The first-order valence-electron chi connectivity index (χ1n) is 10.7. The summed E-state index contributed by atoms with van der Waals surface area (Å²) in [6.07, 6.45) is 3.90. The smallest absolute Gasteiger partial charge is 0.263 e. The number of rotatable bonds is 8. The number of nitrogens with zero attached hydrogens (tertiary/aromatic N) is 3. The Bertz CT molecular complexity index is 1420. The molecule has 2 aromatic heterocycles. The first-order valence-corrected chi connectivity index (χ1v) is 13.4. The highest BCUT2D eigenvalue weighted by Crippen LogP contribution is 2.25. The molecule has 0 radical (unpaired) electrons. The molecule has 2 aromatic carbocycles. The number of anilines is 2. The van der Waals surface area contributed by atoms with Crippen LogP contribution in [0.25, 0.3) is 10.9 Å². The van der Waals surface area contributed by atoms with Crippen LogP contribution in [0.3, 0.4) is 0 Å². The number of carbonyl (C=O) groups excluding carboxylic acids is 1. The topological polar surface area (TPSA) is 96.3 Å². The minimum atomic E-state index is -3.67. The van der Waals surface area contributed by atoms with Crippen molar-refractivity contribution < 1.29 is 16.1 Å². The summed E-state index contributed by atoms with van der Waals surface area (Å²) in [6.45, 7) is 1.96. The van der Waals surface area contributed by atoms with E-state index in [4.69, 9.17) is 11.6 Å². The van der Waals surface area contributed by atoms with Crippen molar-refractivity contribution in [2.45, 2.75) is 23.9 Å². The first-order chi connectivity index (χ1) is 16.4. The van der Waals surface area contributed by atoms with Crippen molar-refractivity contribution in [2.24, 2.45) is 0 Å². The van der Waals surface area contributed by atoms with Gasteiger partial charge < -0.3 is 14.8 Å². The number of amides is 1. The summed E-state index contributed by atoms with van der Waals surface area (Å²) in [7, 11) is -3.67. The van der Waals surface area contributed by atoms with E-state index in [1.165, 1.54) is 11.3 Å². The molecular formula is C23H26ClN5O3S2. The molecule has 11 heteroatoms. The van der Waals surface area contributed by atoms with Crippen molar-refractivity contribution in [1.29, 1.82) is 0 Å². The third-order valence-electron chi connectivity index (χ3n) is 5.73. The van der Waals surface area contributed by atoms with E-state index in [2.05, 4.69) is 24.5 Å². The maximum Gasteiger partial charge on any atom is 0.263 e. The van der Waals surface area contributed by atoms with Gasteiger partial charge in [0.2, 0.25) is 5.91 Å². The Hall–Kier alpha value is -3.08. The molecule has 0 aliphatic carbocycles. The molecule has 2 N–H and O–H groups in total. The Labute approximate surface area is 209 Å². The number of sulfonamides is 1. The first kappa shape index (κ1) is 22.7. The van der Waals surface area contributed by atoms with Gasteiger partial charge in [-0.2, -0.15) is 0 Å². The summed E-state index contributed by atoms with van der Waals surface area (Å²) in [6, 6.07) is 14.5. The van der Waals surface area contributed by atoms with Crippen LogP contribution in [0.4, 0.5) is 10.8 Å². The van der Waals surface area contributed by atoms with E-state index >= 15 is 0 Å². The summed E-state index contributed by atoms with van der Waals surface area (Å²) >= 11 is 7.26. The van der Waals surface area contributed by atoms with Gasteiger partial charge in [-0.3, -0.25) is 9.52 Å². The highest BCUT2D eigenvalue weighted by atomic mass is 35.5. The molecule has 1 amide bonds. The number of aromatic nitrogens is 2. The molecule has 180 valence electrons. The standard InChI is InChI=1S/C23H22ClN5O3S2.2H2/c24-17-1-6-21-16(13-17)7-10-28(21)11-8-22(30)26-18-14-29(15-18)19-2-4-20(5-3-19)34(31,32)27-23-25-9-12-33-23;;/h1-7,9-10,12-13,18H,8,11,14-15H2,(H,25,27)(H,26,30);2*1H. The fourth-order valence-corrected chi connectivity index (χ4v) is 5.92. The van der Waals surface area contributed by atoms with Crippen molar-refractivity contribution in [2.75, 3.05) is 22.7 Å². The minimum Gasteiger partial charge on any atom is -0.367 e. The Kier molecular flexibility index (Phi) is 6.20. The molecule has 0 atom stereocenters. The van der Waals surface area contributed by atoms with Crippen LogP contribution in [0, 0.1) is 0 Å². The maximum atomic E-state index is 12.5. The summed E-state index contributed by atoms with van der Waals surface area (Å²) in [5, 5.41) is 6.86. The zero-order valence-electron chi connectivity index (χ0n) is 18.0. The molecular weight excluding hydrogens is 494 g/mol. The van der Waals surface area contributed by atoms with E-state index in [0.29, 0.717) is 36.2 Å². The molecule has 0 saturated carbocycles. The van der Waals surface area contributed by atoms with Gasteiger partial charge in [0.1, 0.15) is 0 Å². The Morgan fingerprint density at radius 3 is 2.71 bits per heavy atom. The van der Waals surface area contributed by atoms with Gasteiger partial charge in [0, 0.05) is 68.3 Å². The van der Waals surface area contributed by atoms with E-state index in [1.54, 1.807) is 35.8 Å². The van der Waals surface area contributed by atoms with Crippen LogP contribution >= 0.6 is 22.9 Å². The third kappa shape index (κ3) is 4.89. The fraction of sp³-hybridized carbons (Fsp3) is 0.217. The molecule has 0 spiro atoms. The van der Waals surface area contributed by atoms with Crippen LogP contribution < -0.4 is 14.9 Å². The van der Waals surface area contributed by atoms with Gasteiger partial charge in [-0.1, -0.05) is 11.6 Å². The molecule has 5 rings (SSSR count). The lowest BCUT2D eigenvalue weighted by Crippen LogP contribution is -2.59. The van der Waals surface area contributed by atoms with E-state index in [1.807, 2.05) is 30.5 Å². The van der Waals surface area contributed by atoms with Crippen LogP contribution in [-0.4, -0.2) is 43.0 Å². The highest BCUT2D eigenvalue weighted by Gasteiger charge is 2.28. The van der Waals surface area contributed by atoms with Crippen molar-refractivity contribution in [3.63, 3.8) is 0 Å². The Morgan fingerprint density at radius 1 is 1.18 bits per heavy atom. The number of fused-ring (bicyclic) bond motifs is 1. The summed E-state index contributed by atoms with van der Waals surface area (Å²) in [5.74, 6) is 0.00941. The summed E-state index contributed by atoms with van der Waals surface area (Å²) in [5.41, 5.74) is 1.97. The molecule has 3 heterocycles. The van der Waals surface area contributed by atoms with Crippen molar-refractivity contribution in [3.05, 3.63) is 71.3 Å². The third-order valence-corrected chi connectivity index (χ3v) is 8.13. The lowest BCUT2D eigenvalue weighted by atomic mass is 10.1. The van der Waals surface area contributed by atoms with Crippen LogP contribution in [-0.2, 0) is 21.4 Å². The molecule has 1 fully saturated rings. The lowest BCUT2D eigenvalue weighted by Gasteiger charge is -2.41. The predicted molar refractivity (Wildman–Crippen MR) is 139 cm³/mol. The van der Waals surface area contributed by atoms with Crippen molar-refractivity contribution in [3.8, 4) is 0 Å².